The highest BCUT2D eigenvalue weighted by molar-refractivity contribution is 5.72. The number of rotatable bonds is 4. The summed E-state index contributed by atoms with van der Waals surface area (Å²) in [7, 11) is 0. The minimum Gasteiger partial charge on any atom is -0.479 e. The number of benzene rings is 1. The summed E-state index contributed by atoms with van der Waals surface area (Å²) in [6.07, 6.45) is -0.527. The van der Waals surface area contributed by atoms with E-state index in [4.69, 9.17) is 15.1 Å². The van der Waals surface area contributed by atoms with Gasteiger partial charge in [-0.3, -0.25) is 0 Å². The molecule has 0 fully saturated rings. The van der Waals surface area contributed by atoms with Crippen LogP contribution in [-0.2, 0) is 11.2 Å². The fraction of sp³-hybridized carbons (Fsp3) is 0.273. The zero-order valence-corrected chi connectivity index (χ0v) is 8.30. The Balaban J connectivity index is 2.65. The molecular formula is C11H11NO3. The lowest BCUT2D eigenvalue weighted by atomic mass is 10.2. The number of hydrogen-bond donors (Lipinski definition) is 1. The molecule has 1 aromatic rings. The van der Waals surface area contributed by atoms with Gasteiger partial charge in [0.15, 0.2) is 6.10 Å². The van der Waals surface area contributed by atoms with Crippen LogP contribution < -0.4 is 4.74 Å². The molecule has 0 spiro atoms. The number of aliphatic carboxylic acids is 1. The molecule has 1 atom stereocenters. The zero-order chi connectivity index (χ0) is 11.3. The molecule has 4 heteroatoms. The van der Waals surface area contributed by atoms with E-state index in [1.807, 2.05) is 6.07 Å². The van der Waals surface area contributed by atoms with Crippen molar-refractivity contribution in [2.75, 3.05) is 0 Å². The summed E-state index contributed by atoms with van der Waals surface area (Å²) < 4.78 is 5.13. The molecule has 0 aliphatic heterocycles. The smallest absolute Gasteiger partial charge is 0.344 e. The zero-order valence-electron chi connectivity index (χ0n) is 8.30. The monoisotopic (exact) mass is 205 g/mol. The van der Waals surface area contributed by atoms with Crippen molar-refractivity contribution in [1.82, 2.24) is 0 Å². The molecule has 0 heterocycles. The van der Waals surface area contributed by atoms with Crippen molar-refractivity contribution in [3.63, 3.8) is 0 Å². The molecule has 1 N–H and O–H groups in total. The molecule has 0 amide bonds. The Bertz CT molecular complexity index is 378. The molecule has 4 nitrogen and oxygen atoms in total. The summed E-state index contributed by atoms with van der Waals surface area (Å²) in [5.41, 5.74) is 0.882. The Morgan fingerprint density at radius 1 is 1.53 bits per heavy atom. The minimum absolute atomic E-state index is 0.342. The van der Waals surface area contributed by atoms with Crippen LogP contribution in [0.2, 0.25) is 0 Å². The third-order valence-electron chi connectivity index (χ3n) is 1.87. The van der Waals surface area contributed by atoms with Crippen molar-refractivity contribution in [3.8, 4) is 11.8 Å². The minimum atomic E-state index is -1.00. The summed E-state index contributed by atoms with van der Waals surface area (Å²) in [6, 6.07) is 8.83. The van der Waals surface area contributed by atoms with Crippen LogP contribution in [0.3, 0.4) is 0 Å². The molecule has 0 radical (unpaired) electrons. The van der Waals surface area contributed by atoms with Gasteiger partial charge in [-0.15, -0.1) is 0 Å². The first kappa shape index (κ1) is 11.1. The predicted octanol–water partition coefficient (Wildman–Crippen LogP) is 1.60. The summed E-state index contributed by atoms with van der Waals surface area (Å²) in [5, 5.41) is 17.1. The highest BCUT2D eigenvalue weighted by Crippen LogP contribution is 2.14. The van der Waals surface area contributed by atoms with Gasteiger partial charge in [0.1, 0.15) is 5.75 Å². The van der Waals surface area contributed by atoms with Crippen LogP contribution in [-0.4, -0.2) is 17.2 Å². The van der Waals surface area contributed by atoms with Gasteiger partial charge < -0.3 is 9.84 Å². The average molecular weight is 205 g/mol. The second kappa shape index (κ2) is 5.01. The van der Waals surface area contributed by atoms with E-state index in [1.165, 1.54) is 6.92 Å². The van der Waals surface area contributed by atoms with Crippen LogP contribution in [0.15, 0.2) is 24.3 Å². The van der Waals surface area contributed by atoms with E-state index in [1.54, 1.807) is 24.3 Å². The van der Waals surface area contributed by atoms with Crippen molar-refractivity contribution in [1.29, 1.82) is 5.26 Å². The van der Waals surface area contributed by atoms with Crippen LogP contribution in [0.5, 0.6) is 5.75 Å². The molecular weight excluding hydrogens is 194 g/mol. The SMILES string of the molecule is C[C@H](Oc1ccc(CC#N)cc1)C(=O)O. The normalized spacial score (nSPS) is 11.5. The third-order valence-corrected chi connectivity index (χ3v) is 1.87. The number of hydrogen-bond acceptors (Lipinski definition) is 3. The Labute approximate surface area is 87.7 Å². The van der Waals surface area contributed by atoms with Crippen LogP contribution in [0.1, 0.15) is 12.5 Å². The lowest BCUT2D eigenvalue weighted by Crippen LogP contribution is -2.22. The van der Waals surface area contributed by atoms with E-state index in [0.29, 0.717) is 12.2 Å². The Morgan fingerprint density at radius 3 is 2.60 bits per heavy atom. The quantitative estimate of drug-likeness (QED) is 0.810. The van der Waals surface area contributed by atoms with E-state index in [2.05, 4.69) is 0 Å². The molecule has 1 rings (SSSR count). The van der Waals surface area contributed by atoms with Gasteiger partial charge in [0.05, 0.1) is 12.5 Å². The lowest BCUT2D eigenvalue weighted by Gasteiger charge is -2.10. The number of nitriles is 1. The lowest BCUT2D eigenvalue weighted by molar-refractivity contribution is -0.144. The first-order chi connectivity index (χ1) is 7.13. The topological polar surface area (TPSA) is 70.3 Å². The van der Waals surface area contributed by atoms with E-state index in [0.717, 1.165) is 5.56 Å². The molecule has 15 heavy (non-hydrogen) atoms. The van der Waals surface area contributed by atoms with Crippen molar-refractivity contribution >= 4 is 5.97 Å². The molecule has 78 valence electrons. The largest absolute Gasteiger partial charge is 0.479 e. The predicted molar refractivity (Wildman–Crippen MR) is 53.5 cm³/mol. The van der Waals surface area contributed by atoms with Crippen LogP contribution in [0.4, 0.5) is 0 Å². The standard InChI is InChI=1S/C11H11NO3/c1-8(11(13)14)15-10-4-2-9(3-5-10)6-7-12/h2-5,8H,6H2,1H3,(H,13,14)/t8-/m0/s1. The number of ether oxygens (including phenoxy) is 1. The number of carboxylic acids is 1. The fourth-order valence-corrected chi connectivity index (χ4v) is 1.03. The Morgan fingerprint density at radius 2 is 2.13 bits per heavy atom. The summed E-state index contributed by atoms with van der Waals surface area (Å²) in [4.78, 5) is 10.5. The number of carbonyl (C=O) groups is 1. The fourth-order valence-electron chi connectivity index (χ4n) is 1.03. The second-order valence-electron chi connectivity index (χ2n) is 3.08. The highest BCUT2D eigenvalue weighted by atomic mass is 16.5. The highest BCUT2D eigenvalue weighted by Gasteiger charge is 2.11. The summed E-state index contributed by atoms with van der Waals surface area (Å²) >= 11 is 0. The van der Waals surface area contributed by atoms with Crippen molar-refractivity contribution in [2.45, 2.75) is 19.4 Å². The second-order valence-corrected chi connectivity index (χ2v) is 3.08. The van der Waals surface area contributed by atoms with Gasteiger partial charge in [-0.1, -0.05) is 12.1 Å². The molecule has 1 aromatic carbocycles. The molecule has 0 saturated carbocycles. The maximum Gasteiger partial charge on any atom is 0.344 e. The van der Waals surface area contributed by atoms with Gasteiger partial charge in [0.2, 0.25) is 0 Å². The third kappa shape index (κ3) is 3.31. The van der Waals surface area contributed by atoms with Crippen molar-refractivity contribution < 1.29 is 14.6 Å². The van der Waals surface area contributed by atoms with Gasteiger partial charge in [-0.25, -0.2) is 4.79 Å². The van der Waals surface area contributed by atoms with Crippen LogP contribution in [0, 0.1) is 11.3 Å². The van der Waals surface area contributed by atoms with E-state index in [-0.39, 0.29) is 0 Å². The molecule has 0 aromatic heterocycles. The van der Waals surface area contributed by atoms with Crippen LogP contribution in [0.25, 0.3) is 0 Å². The van der Waals surface area contributed by atoms with Crippen molar-refractivity contribution in [3.05, 3.63) is 29.8 Å². The molecule has 0 bridgehead atoms. The Hall–Kier alpha value is -2.02. The summed E-state index contributed by atoms with van der Waals surface area (Å²) in [6.45, 7) is 1.46. The van der Waals surface area contributed by atoms with E-state index in [9.17, 15) is 4.79 Å². The van der Waals surface area contributed by atoms with E-state index < -0.39 is 12.1 Å². The van der Waals surface area contributed by atoms with Gasteiger partial charge in [-0.2, -0.15) is 5.26 Å². The molecule has 0 saturated heterocycles. The first-order valence-electron chi connectivity index (χ1n) is 4.49. The number of nitrogens with zero attached hydrogens (tertiary/aromatic N) is 1. The Kier molecular flexibility index (Phi) is 3.69. The maximum atomic E-state index is 10.5. The maximum absolute atomic E-state index is 10.5. The average Bonchev–Trinajstić information content (AvgIpc) is 2.21. The molecule has 0 unspecified atom stereocenters. The van der Waals surface area contributed by atoms with Gasteiger partial charge in [-0.05, 0) is 24.6 Å². The van der Waals surface area contributed by atoms with Gasteiger partial charge >= 0.3 is 5.97 Å². The van der Waals surface area contributed by atoms with E-state index >= 15 is 0 Å². The number of carboxylic acid groups (broad SMARTS) is 1. The van der Waals surface area contributed by atoms with Gasteiger partial charge in [0.25, 0.3) is 0 Å². The molecule has 0 aliphatic carbocycles. The summed E-state index contributed by atoms with van der Waals surface area (Å²) in [5.74, 6) is -0.511. The molecule has 0 aliphatic rings. The van der Waals surface area contributed by atoms with Crippen LogP contribution >= 0.6 is 0 Å². The van der Waals surface area contributed by atoms with Crippen molar-refractivity contribution in [2.24, 2.45) is 0 Å². The first-order valence-corrected chi connectivity index (χ1v) is 4.49. The van der Waals surface area contributed by atoms with Gasteiger partial charge in [0, 0.05) is 0 Å².